The highest BCUT2D eigenvalue weighted by atomic mass is 35.5. The number of halogens is 2. The van der Waals surface area contributed by atoms with Crippen LogP contribution in [0.5, 0.6) is 0 Å². The van der Waals surface area contributed by atoms with E-state index in [0.29, 0.717) is 18.0 Å². The molecule has 1 heterocycles. The number of aryl methyl sites for hydroxylation is 1. The van der Waals surface area contributed by atoms with E-state index in [1.807, 2.05) is 20.8 Å². The fourth-order valence-electron chi connectivity index (χ4n) is 2.36. The minimum atomic E-state index is -0.507. The summed E-state index contributed by atoms with van der Waals surface area (Å²) in [6.07, 6.45) is 0.137. The lowest BCUT2D eigenvalue weighted by molar-refractivity contribution is 0.172. The van der Waals surface area contributed by atoms with E-state index < -0.39 is 6.10 Å². The lowest BCUT2D eigenvalue weighted by Crippen LogP contribution is -2.06. The van der Waals surface area contributed by atoms with Crippen molar-refractivity contribution in [2.75, 3.05) is 0 Å². The van der Waals surface area contributed by atoms with Crippen molar-refractivity contribution in [2.24, 2.45) is 0 Å². The molecule has 2 rings (SSSR count). The zero-order chi connectivity index (χ0) is 14.9. The number of aromatic nitrogens is 2. The van der Waals surface area contributed by atoms with Gasteiger partial charge in [0, 0.05) is 16.3 Å². The quantitative estimate of drug-likeness (QED) is 0.932. The number of aliphatic hydroxyl groups is 1. The van der Waals surface area contributed by atoms with Gasteiger partial charge in [0.2, 0.25) is 0 Å². The van der Waals surface area contributed by atoms with E-state index in [-0.39, 0.29) is 5.82 Å². The number of benzene rings is 1. The van der Waals surface area contributed by atoms with Crippen molar-refractivity contribution in [1.82, 2.24) is 9.78 Å². The molecule has 1 atom stereocenters. The smallest absolute Gasteiger partial charge is 0.124 e. The molecule has 1 aromatic heterocycles. The predicted molar refractivity (Wildman–Crippen MR) is 77.5 cm³/mol. The van der Waals surface area contributed by atoms with Crippen LogP contribution in [0.25, 0.3) is 0 Å². The Morgan fingerprint density at radius 3 is 2.70 bits per heavy atom. The molecule has 0 saturated heterocycles. The molecule has 2 aromatic rings. The van der Waals surface area contributed by atoms with Crippen molar-refractivity contribution in [3.8, 4) is 0 Å². The number of hydrogen-bond acceptors (Lipinski definition) is 2. The Morgan fingerprint density at radius 2 is 2.10 bits per heavy atom. The molecule has 20 heavy (non-hydrogen) atoms. The molecule has 1 N–H and O–H groups in total. The molecular formula is C15H18ClFN2O. The Kier molecular flexibility index (Phi) is 4.45. The average Bonchev–Trinajstić information content (AvgIpc) is 2.67. The van der Waals surface area contributed by atoms with Crippen LogP contribution in [-0.2, 0) is 6.54 Å². The Hall–Kier alpha value is -1.39. The average molecular weight is 297 g/mol. The number of nitrogens with zero attached hydrogens (tertiary/aromatic N) is 2. The third-order valence-corrected chi connectivity index (χ3v) is 3.84. The second-order valence-corrected chi connectivity index (χ2v) is 5.31. The normalized spacial score (nSPS) is 12.7. The van der Waals surface area contributed by atoms with Gasteiger partial charge in [-0.15, -0.1) is 0 Å². The van der Waals surface area contributed by atoms with E-state index in [9.17, 15) is 9.50 Å². The van der Waals surface area contributed by atoms with Crippen molar-refractivity contribution in [3.63, 3.8) is 0 Å². The molecule has 0 radical (unpaired) electrons. The molecule has 0 amide bonds. The maximum Gasteiger partial charge on any atom is 0.124 e. The van der Waals surface area contributed by atoms with Gasteiger partial charge in [-0.05, 0) is 38.0 Å². The summed E-state index contributed by atoms with van der Waals surface area (Å²) in [6, 6.07) is 4.34. The summed E-state index contributed by atoms with van der Waals surface area (Å²) in [5.41, 5.74) is 3.40. The zero-order valence-electron chi connectivity index (χ0n) is 11.8. The molecule has 108 valence electrons. The van der Waals surface area contributed by atoms with Crippen LogP contribution in [0.1, 0.15) is 42.0 Å². The van der Waals surface area contributed by atoms with Crippen molar-refractivity contribution in [2.45, 2.75) is 39.8 Å². The SMILES string of the molecule is CCC(O)c1c(C)nn(Cc2ccc(F)cc2Cl)c1C. The third kappa shape index (κ3) is 2.86. The van der Waals surface area contributed by atoms with Gasteiger partial charge in [-0.1, -0.05) is 24.6 Å². The van der Waals surface area contributed by atoms with Gasteiger partial charge in [0.05, 0.1) is 18.3 Å². The second kappa shape index (κ2) is 5.94. The minimum absolute atomic E-state index is 0.353. The van der Waals surface area contributed by atoms with Gasteiger partial charge in [-0.2, -0.15) is 5.10 Å². The Labute approximate surface area is 123 Å². The lowest BCUT2D eigenvalue weighted by atomic mass is 10.1. The van der Waals surface area contributed by atoms with E-state index in [1.54, 1.807) is 10.7 Å². The molecule has 0 bridgehead atoms. The Bertz CT molecular complexity index is 625. The number of hydrogen-bond donors (Lipinski definition) is 1. The molecule has 0 aliphatic carbocycles. The van der Waals surface area contributed by atoms with Crippen LogP contribution in [-0.4, -0.2) is 14.9 Å². The number of rotatable bonds is 4. The maximum atomic E-state index is 13.0. The standard InChI is InChI=1S/C15H18ClFN2O/c1-4-14(20)15-9(2)18-19(10(15)3)8-11-5-6-12(17)7-13(11)16/h5-7,14,20H,4,8H2,1-3H3. The molecule has 1 aromatic carbocycles. The fraction of sp³-hybridized carbons (Fsp3) is 0.400. The van der Waals surface area contributed by atoms with Crippen LogP contribution in [0, 0.1) is 19.7 Å². The topological polar surface area (TPSA) is 38.1 Å². The molecule has 0 spiro atoms. The first kappa shape index (κ1) is 15.0. The van der Waals surface area contributed by atoms with E-state index in [1.165, 1.54) is 12.1 Å². The van der Waals surface area contributed by atoms with Gasteiger partial charge >= 0.3 is 0 Å². The van der Waals surface area contributed by atoms with E-state index >= 15 is 0 Å². The minimum Gasteiger partial charge on any atom is -0.388 e. The molecule has 1 unspecified atom stereocenters. The Morgan fingerprint density at radius 1 is 1.40 bits per heavy atom. The summed E-state index contributed by atoms with van der Waals surface area (Å²) in [4.78, 5) is 0. The molecule has 0 aliphatic heterocycles. The lowest BCUT2D eigenvalue weighted by Gasteiger charge is -2.10. The van der Waals surface area contributed by atoms with Crippen LogP contribution >= 0.6 is 11.6 Å². The van der Waals surface area contributed by atoms with Gasteiger partial charge in [0.1, 0.15) is 5.82 Å². The van der Waals surface area contributed by atoms with E-state index in [0.717, 1.165) is 22.5 Å². The highest BCUT2D eigenvalue weighted by Gasteiger charge is 2.18. The third-order valence-electron chi connectivity index (χ3n) is 3.49. The van der Waals surface area contributed by atoms with Crippen molar-refractivity contribution in [3.05, 3.63) is 51.6 Å². The maximum absolute atomic E-state index is 13.0. The van der Waals surface area contributed by atoms with Crippen molar-refractivity contribution in [1.29, 1.82) is 0 Å². The second-order valence-electron chi connectivity index (χ2n) is 4.90. The van der Waals surface area contributed by atoms with Gasteiger partial charge in [-0.3, -0.25) is 4.68 Å². The highest BCUT2D eigenvalue weighted by Crippen LogP contribution is 2.25. The monoisotopic (exact) mass is 296 g/mol. The van der Waals surface area contributed by atoms with Gasteiger partial charge in [0.25, 0.3) is 0 Å². The first-order valence-electron chi connectivity index (χ1n) is 6.60. The molecular weight excluding hydrogens is 279 g/mol. The van der Waals surface area contributed by atoms with Crippen LogP contribution in [0.15, 0.2) is 18.2 Å². The van der Waals surface area contributed by atoms with Gasteiger partial charge in [-0.25, -0.2) is 4.39 Å². The van der Waals surface area contributed by atoms with E-state index in [4.69, 9.17) is 11.6 Å². The van der Waals surface area contributed by atoms with Crippen LogP contribution in [0.2, 0.25) is 5.02 Å². The summed E-state index contributed by atoms with van der Waals surface area (Å²) >= 11 is 6.04. The molecule has 0 aliphatic rings. The first-order chi connectivity index (χ1) is 9.43. The van der Waals surface area contributed by atoms with Gasteiger partial charge in [0.15, 0.2) is 0 Å². The molecule has 0 saturated carbocycles. The van der Waals surface area contributed by atoms with Crippen molar-refractivity contribution >= 4 is 11.6 Å². The molecule has 5 heteroatoms. The first-order valence-corrected chi connectivity index (χ1v) is 6.97. The van der Waals surface area contributed by atoms with Crippen LogP contribution in [0.4, 0.5) is 4.39 Å². The zero-order valence-corrected chi connectivity index (χ0v) is 12.6. The highest BCUT2D eigenvalue weighted by molar-refractivity contribution is 6.31. The fourth-order valence-corrected chi connectivity index (χ4v) is 2.59. The molecule has 0 fully saturated rings. The van der Waals surface area contributed by atoms with Crippen LogP contribution in [0.3, 0.4) is 0 Å². The summed E-state index contributed by atoms with van der Waals surface area (Å²) in [6.45, 7) is 6.19. The summed E-state index contributed by atoms with van der Waals surface area (Å²) in [7, 11) is 0. The summed E-state index contributed by atoms with van der Waals surface area (Å²) in [5.74, 6) is -0.353. The van der Waals surface area contributed by atoms with E-state index in [2.05, 4.69) is 5.10 Å². The summed E-state index contributed by atoms with van der Waals surface area (Å²) in [5, 5.41) is 14.9. The molecule has 3 nitrogen and oxygen atoms in total. The predicted octanol–water partition coefficient (Wildman–Crippen LogP) is 3.78. The number of aliphatic hydroxyl groups excluding tert-OH is 1. The summed E-state index contributed by atoms with van der Waals surface area (Å²) < 4.78 is 14.8. The van der Waals surface area contributed by atoms with Crippen molar-refractivity contribution < 1.29 is 9.50 Å². The van der Waals surface area contributed by atoms with Gasteiger partial charge < -0.3 is 5.11 Å². The largest absolute Gasteiger partial charge is 0.388 e. The van der Waals surface area contributed by atoms with Crippen LogP contribution < -0.4 is 0 Å². The Balaban J connectivity index is 2.35.